The molecular weight excluding hydrogens is 312 g/mol. The van der Waals surface area contributed by atoms with Crippen molar-refractivity contribution in [1.29, 1.82) is 0 Å². The molecule has 0 aliphatic heterocycles. The molecule has 4 heteroatoms. The first-order chi connectivity index (χ1) is 12.1. The molecule has 0 radical (unpaired) electrons. The van der Waals surface area contributed by atoms with Crippen molar-refractivity contribution in [2.75, 3.05) is 6.54 Å². The number of carbonyl (C=O) groups is 2. The molecule has 4 nitrogen and oxygen atoms in total. The van der Waals surface area contributed by atoms with Crippen LogP contribution in [0.1, 0.15) is 41.9 Å². The van der Waals surface area contributed by atoms with Crippen LogP contribution in [0.5, 0.6) is 0 Å². The van der Waals surface area contributed by atoms with Gasteiger partial charge in [0, 0.05) is 25.9 Å². The Morgan fingerprint density at radius 2 is 1.76 bits per heavy atom. The van der Waals surface area contributed by atoms with Crippen LogP contribution in [0.25, 0.3) is 0 Å². The molecule has 0 spiro atoms. The van der Waals surface area contributed by atoms with E-state index in [0.717, 1.165) is 18.4 Å². The van der Waals surface area contributed by atoms with Crippen LogP contribution >= 0.6 is 0 Å². The average Bonchev–Trinajstić information content (AvgIpc) is 3.02. The van der Waals surface area contributed by atoms with E-state index in [1.54, 1.807) is 4.90 Å². The van der Waals surface area contributed by atoms with E-state index in [-0.39, 0.29) is 24.2 Å². The summed E-state index contributed by atoms with van der Waals surface area (Å²) >= 11 is 0. The van der Waals surface area contributed by atoms with E-state index in [0.29, 0.717) is 19.5 Å². The molecule has 0 heterocycles. The molecule has 2 aromatic carbocycles. The van der Waals surface area contributed by atoms with Crippen LogP contribution in [0.15, 0.2) is 54.6 Å². The molecule has 0 fully saturated rings. The van der Waals surface area contributed by atoms with Gasteiger partial charge in [-0.15, -0.1) is 0 Å². The van der Waals surface area contributed by atoms with Gasteiger partial charge in [-0.05, 0) is 35.4 Å². The van der Waals surface area contributed by atoms with Crippen LogP contribution in [0, 0.1) is 0 Å². The molecule has 0 saturated carbocycles. The van der Waals surface area contributed by atoms with E-state index >= 15 is 0 Å². The third-order valence-corrected chi connectivity index (χ3v) is 4.88. The fourth-order valence-corrected chi connectivity index (χ4v) is 3.54. The maximum absolute atomic E-state index is 12.9. The summed E-state index contributed by atoms with van der Waals surface area (Å²) in [5.41, 5.74) is 9.00. The number of aryl methyl sites for hydroxylation is 1. The van der Waals surface area contributed by atoms with Gasteiger partial charge in [0.2, 0.25) is 11.8 Å². The van der Waals surface area contributed by atoms with Gasteiger partial charge in [0.15, 0.2) is 0 Å². The molecule has 0 aromatic heterocycles. The number of carbonyl (C=O) groups excluding carboxylic acids is 2. The number of nitrogens with zero attached hydrogens (tertiary/aromatic N) is 1. The Kier molecular flexibility index (Phi) is 5.49. The van der Waals surface area contributed by atoms with Gasteiger partial charge >= 0.3 is 0 Å². The van der Waals surface area contributed by atoms with Crippen LogP contribution < -0.4 is 5.73 Å². The molecule has 130 valence electrons. The topological polar surface area (TPSA) is 63.4 Å². The summed E-state index contributed by atoms with van der Waals surface area (Å²) in [6, 6.07) is 18.2. The van der Waals surface area contributed by atoms with Gasteiger partial charge in [0.1, 0.15) is 0 Å². The van der Waals surface area contributed by atoms with Gasteiger partial charge in [-0.1, -0.05) is 54.6 Å². The van der Waals surface area contributed by atoms with Crippen molar-refractivity contribution in [2.45, 2.75) is 38.1 Å². The second-order valence-corrected chi connectivity index (χ2v) is 6.66. The molecule has 3 rings (SSSR count). The van der Waals surface area contributed by atoms with Gasteiger partial charge < -0.3 is 10.6 Å². The molecule has 2 amide bonds. The maximum Gasteiger partial charge on any atom is 0.223 e. The number of hydrogen-bond donors (Lipinski definition) is 1. The maximum atomic E-state index is 12.9. The largest absolute Gasteiger partial charge is 0.370 e. The Morgan fingerprint density at radius 3 is 2.52 bits per heavy atom. The Bertz CT molecular complexity index is 743. The van der Waals surface area contributed by atoms with Crippen molar-refractivity contribution in [2.24, 2.45) is 5.73 Å². The smallest absolute Gasteiger partial charge is 0.223 e. The lowest BCUT2D eigenvalue weighted by molar-refractivity contribution is -0.132. The number of hydrogen-bond acceptors (Lipinski definition) is 2. The summed E-state index contributed by atoms with van der Waals surface area (Å²) in [4.78, 5) is 25.8. The molecule has 25 heavy (non-hydrogen) atoms. The lowest BCUT2D eigenvalue weighted by atomic mass is 9.97. The monoisotopic (exact) mass is 336 g/mol. The number of fused-ring (bicyclic) bond motifs is 1. The molecule has 0 unspecified atom stereocenters. The number of primary amides is 1. The average molecular weight is 336 g/mol. The molecule has 2 aromatic rings. The van der Waals surface area contributed by atoms with Crippen LogP contribution in [-0.4, -0.2) is 23.3 Å². The zero-order chi connectivity index (χ0) is 17.6. The second kappa shape index (κ2) is 7.97. The summed E-state index contributed by atoms with van der Waals surface area (Å²) in [6.45, 7) is 0.888. The fourth-order valence-electron chi connectivity index (χ4n) is 3.54. The zero-order valence-electron chi connectivity index (χ0n) is 14.4. The van der Waals surface area contributed by atoms with Crippen molar-refractivity contribution in [3.63, 3.8) is 0 Å². The molecule has 2 N–H and O–H groups in total. The molecule has 0 saturated heterocycles. The highest BCUT2D eigenvalue weighted by atomic mass is 16.2. The second-order valence-electron chi connectivity index (χ2n) is 6.66. The highest BCUT2D eigenvalue weighted by molar-refractivity contribution is 5.79. The van der Waals surface area contributed by atoms with Crippen molar-refractivity contribution in [3.8, 4) is 0 Å². The van der Waals surface area contributed by atoms with Crippen molar-refractivity contribution in [3.05, 3.63) is 71.3 Å². The molecule has 0 bridgehead atoms. The zero-order valence-corrected chi connectivity index (χ0v) is 14.4. The predicted molar refractivity (Wildman–Crippen MR) is 97.8 cm³/mol. The minimum absolute atomic E-state index is 0.0896. The Balaban J connectivity index is 1.69. The van der Waals surface area contributed by atoms with Crippen LogP contribution in [0.4, 0.5) is 0 Å². The highest BCUT2D eigenvalue weighted by Gasteiger charge is 2.26. The first-order valence-electron chi connectivity index (χ1n) is 8.81. The lowest BCUT2D eigenvalue weighted by Gasteiger charge is -2.24. The van der Waals surface area contributed by atoms with Gasteiger partial charge in [0.25, 0.3) is 0 Å². The fraction of sp³-hybridized carbons (Fsp3) is 0.333. The standard InChI is InChI=1S/C21H24N2O2/c22-20(24)12-13-23(15-16-6-2-1-3-7-16)21(25)14-18-11-10-17-8-4-5-9-19(17)18/h1-9,18H,10-15H2,(H2,22,24)/t18-/m0/s1. The van der Waals surface area contributed by atoms with Crippen LogP contribution in [-0.2, 0) is 22.6 Å². The minimum Gasteiger partial charge on any atom is -0.370 e. The van der Waals surface area contributed by atoms with Crippen LogP contribution in [0.3, 0.4) is 0 Å². The molecular formula is C21H24N2O2. The first kappa shape index (κ1) is 17.2. The summed E-state index contributed by atoms with van der Waals surface area (Å²) in [5, 5.41) is 0. The molecule has 1 aliphatic rings. The summed E-state index contributed by atoms with van der Waals surface area (Å²) in [6.07, 6.45) is 2.73. The molecule has 1 atom stereocenters. The van der Waals surface area contributed by atoms with Crippen molar-refractivity contribution >= 4 is 11.8 Å². The third-order valence-electron chi connectivity index (χ3n) is 4.88. The van der Waals surface area contributed by atoms with E-state index in [9.17, 15) is 9.59 Å². The van der Waals surface area contributed by atoms with E-state index in [1.807, 2.05) is 36.4 Å². The van der Waals surface area contributed by atoms with Gasteiger partial charge in [-0.2, -0.15) is 0 Å². The normalized spacial score (nSPS) is 15.6. The van der Waals surface area contributed by atoms with Gasteiger partial charge in [-0.25, -0.2) is 0 Å². The Morgan fingerprint density at radius 1 is 1.04 bits per heavy atom. The third kappa shape index (κ3) is 4.47. The number of nitrogens with two attached hydrogens (primary N) is 1. The minimum atomic E-state index is -0.378. The first-order valence-corrected chi connectivity index (χ1v) is 8.81. The Hall–Kier alpha value is -2.62. The highest BCUT2D eigenvalue weighted by Crippen LogP contribution is 2.35. The van der Waals surface area contributed by atoms with Gasteiger partial charge in [0.05, 0.1) is 0 Å². The van der Waals surface area contributed by atoms with Crippen molar-refractivity contribution in [1.82, 2.24) is 4.90 Å². The van der Waals surface area contributed by atoms with Crippen LogP contribution in [0.2, 0.25) is 0 Å². The number of amides is 2. The summed E-state index contributed by atoms with van der Waals surface area (Å²) in [7, 11) is 0. The lowest BCUT2D eigenvalue weighted by Crippen LogP contribution is -2.34. The summed E-state index contributed by atoms with van der Waals surface area (Å²) in [5.74, 6) is -0.0144. The van der Waals surface area contributed by atoms with E-state index < -0.39 is 0 Å². The van der Waals surface area contributed by atoms with E-state index in [4.69, 9.17) is 5.73 Å². The number of benzene rings is 2. The Labute approximate surface area is 148 Å². The quantitative estimate of drug-likeness (QED) is 0.845. The summed E-state index contributed by atoms with van der Waals surface area (Å²) < 4.78 is 0. The SMILES string of the molecule is NC(=O)CCN(Cc1ccccc1)C(=O)C[C@@H]1CCc2ccccc21. The number of rotatable bonds is 7. The van der Waals surface area contributed by atoms with Crippen molar-refractivity contribution < 1.29 is 9.59 Å². The van der Waals surface area contributed by atoms with Gasteiger partial charge in [-0.3, -0.25) is 9.59 Å². The molecule has 1 aliphatic carbocycles. The van der Waals surface area contributed by atoms with E-state index in [1.165, 1.54) is 11.1 Å². The predicted octanol–water partition coefficient (Wildman–Crippen LogP) is 3.01. The van der Waals surface area contributed by atoms with E-state index in [2.05, 4.69) is 18.2 Å².